The molecular weight excluding hydrogens is 374 g/mol. The van der Waals surface area contributed by atoms with Gasteiger partial charge in [0.1, 0.15) is 23.6 Å². The quantitative estimate of drug-likeness (QED) is 0.492. The first-order valence-electron chi connectivity index (χ1n) is 8.56. The van der Waals surface area contributed by atoms with Crippen LogP contribution in [0.15, 0.2) is 75.9 Å². The average Bonchev–Trinajstić information content (AvgIpc) is 3.37. The van der Waals surface area contributed by atoms with E-state index in [9.17, 15) is 4.79 Å². The first-order chi connectivity index (χ1) is 13.7. The van der Waals surface area contributed by atoms with Gasteiger partial charge in [0.05, 0.1) is 0 Å². The fraction of sp³-hybridized carbons (Fsp3) is 0.0476. The second-order valence-electron chi connectivity index (χ2n) is 6.04. The maximum atomic E-state index is 12.8. The van der Waals surface area contributed by atoms with Gasteiger partial charge in [0.2, 0.25) is 5.88 Å². The number of carbonyl (C=O) groups excluding carboxylic acids is 1. The molecule has 0 aliphatic carbocycles. The summed E-state index contributed by atoms with van der Waals surface area (Å²) in [5.41, 5.74) is 8.92. The third-order valence-electron chi connectivity index (χ3n) is 4.08. The molecular formula is C21H17N3O3S. The highest BCUT2D eigenvalue weighted by atomic mass is 32.1. The molecule has 0 atom stereocenters. The van der Waals surface area contributed by atoms with Gasteiger partial charge in [-0.25, -0.2) is 0 Å². The Bertz CT molecular complexity index is 1080. The van der Waals surface area contributed by atoms with E-state index in [0.29, 0.717) is 23.7 Å². The van der Waals surface area contributed by atoms with Gasteiger partial charge in [-0.2, -0.15) is 11.3 Å². The second kappa shape index (κ2) is 7.98. The van der Waals surface area contributed by atoms with E-state index in [0.717, 1.165) is 11.1 Å². The molecule has 0 unspecified atom stereocenters. The van der Waals surface area contributed by atoms with E-state index >= 15 is 0 Å². The van der Waals surface area contributed by atoms with Crippen molar-refractivity contribution in [2.24, 2.45) is 0 Å². The molecule has 0 spiro atoms. The van der Waals surface area contributed by atoms with Crippen LogP contribution >= 0.6 is 11.3 Å². The molecule has 0 saturated carbocycles. The van der Waals surface area contributed by atoms with Gasteiger partial charge in [-0.1, -0.05) is 41.6 Å². The van der Waals surface area contributed by atoms with Crippen LogP contribution in [0.1, 0.15) is 15.9 Å². The zero-order valence-electron chi connectivity index (χ0n) is 14.8. The third kappa shape index (κ3) is 3.89. The lowest BCUT2D eigenvalue weighted by atomic mass is 10.1. The highest BCUT2D eigenvalue weighted by Crippen LogP contribution is 2.29. The molecule has 0 aliphatic heterocycles. The van der Waals surface area contributed by atoms with E-state index in [-0.39, 0.29) is 17.4 Å². The van der Waals surface area contributed by atoms with Crippen molar-refractivity contribution in [3.05, 3.63) is 82.6 Å². The number of carbonyl (C=O) groups is 1. The predicted molar refractivity (Wildman–Crippen MR) is 109 cm³/mol. The summed E-state index contributed by atoms with van der Waals surface area (Å²) in [7, 11) is 0. The first-order valence-corrected chi connectivity index (χ1v) is 9.51. The normalized spacial score (nSPS) is 10.6. The van der Waals surface area contributed by atoms with Crippen LogP contribution in [0.3, 0.4) is 0 Å². The molecule has 0 aliphatic rings. The molecule has 1 amide bonds. The maximum Gasteiger partial charge on any atom is 0.263 e. The number of anilines is 2. The smallest absolute Gasteiger partial charge is 0.263 e. The summed E-state index contributed by atoms with van der Waals surface area (Å²) in [6.07, 6.45) is 0. The van der Waals surface area contributed by atoms with E-state index in [4.69, 9.17) is 15.0 Å². The Kier molecular flexibility index (Phi) is 5.07. The zero-order chi connectivity index (χ0) is 19.3. The molecule has 7 heteroatoms. The molecule has 2 aromatic carbocycles. The SMILES string of the molecule is Nc1onc(-c2ccsc2)c1C(=O)Nc1cccc(OCc2ccccc2)c1. The molecule has 0 radical (unpaired) electrons. The van der Waals surface area contributed by atoms with Crippen molar-refractivity contribution < 1.29 is 14.1 Å². The molecule has 2 heterocycles. The Balaban J connectivity index is 1.49. The van der Waals surface area contributed by atoms with Crippen molar-refractivity contribution in [3.63, 3.8) is 0 Å². The predicted octanol–water partition coefficient (Wildman–Crippen LogP) is 4.82. The summed E-state index contributed by atoms with van der Waals surface area (Å²) in [6.45, 7) is 0.444. The minimum absolute atomic E-state index is 0.0183. The van der Waals surface area contributed by atoms with E-state index in [1.165, 1.54) is 11.3 Å². The second-order valence-corrected chi connectivity index (χ2v) is 6.82. The van der Waals surface area contributed by atoms with Crippen molar-refractivity contribution in [1.29, 1.82) is 0 Å². The number of benzene rings is 2. The minimum atomic E-state index is -0.389. The Morgan fingerprint density at radius 1 is 1.14 bits per heavy atom. The largest absolute Gasteiger partial charge is 0.489 e. The number of rotatable bonds is 6. The summed E-state index contributed by atoms with van der Waals surface area (Å²) in [5.74, 6) is 0.244. The number of nitrogens with zero attached hydrogens (tertiary/aromatic N) is 1. The Hall–Kier alpha value is -3.58. The highest BCUT2D eigenvalue weighted by molar-refractivity contribution is 7.08. The molecule has 3 N–H and O–H groups in total. The molecule has 0 bridgehead atoms. The molecule has 0 saturated heterocycles. The number of aromatic nitrogens is 1. The fourth-order valence-corrected chi connectivity index (χ4v) is 3.36. The summed E-state index contributed by atoms with van der Waals surface area (Å²) in [6, 6.07) is 18.9. The number of hydrogen-bond donors (Lipinski definition) is 2. The first kappa shape index (κ1) is 17.8. The molecule has 4 aromatic rings. The van der Waals surface area contributed by atoms with Gasteiger partial charge in [-0.3, -0.25) is 4.79 Å². The number of ether oxygens (including phenoxy) is 1. The molecule has 2 aromatic heterocycles. The molecule has 6 nitrogen and oxygen atoms in total. The number of nitrogens with two attached hydrogens (primary N) is 1. The highest BCUT2D eigenvalue weighted by Gasteiger charge is 2.23. The summed E-state index contributed by atoms with van der Waals surface area (Å²) >= 11 is 1.50. The summed E-state index contributed by atoms with van der Waals surface area (Å²) in [4.78, 5) is 12.8. The Labute approximate surface area is 165 Å². The van der Waals surface area contributed by atoms with Gasteiger partial charge in [0.25, 0.3) is 5.91 Å². The van der Waals surface area contributed by atoms with Crippen LogP contribution in [0, 0.1) is 0 Å². The molecule has 4 rings (SSSR count). The fourth-order valence-electron chi connectivity index (χ4n) is 2.72. The van der Waals surface area contributed by atoms with Crippen molar-refractivity contribution in [3.8, 4) is 17.0 Å². The van der Waals surface area contributed by atoms with E-state index in [2.05, 4.69) is 10.5 Å². The van der Waals surface area contributed by atoms with Crippen LogP contribution in [0.5, 0.6) is 5.75 Å². The standard InChI is InChI=1S/C21H17N3O3S/c22-20-18(19(24-27-20)15-9-10-28-13-15)21(25)23-16-7-4-8-17(11-16)26-12-14-5-2-1-3-6-14/h1-11,13H,12,22H2,(H,23,25). The molecule has 28 heavy (non-hydrogen) atoms. The summed E-state index contributed by atoms with van der Waals surface area (Å²) in [5, 5.41) is 10.5. The van der Waals surface area contributed by atoms with Gasteiger partial charge >= 0.3 is 0 Å². The van der Waals surface area contributed by atoms with E-state index in [1.54, 1.807) is 12.1 Å². The zero-order valence-corrected chi connectivity index (χ0v) is 15.6. The number of hydrogen-bond acceptors (Lipinski definition) is 6. The van der Waals surface area contributed by atoms with Crippen molar-refractivity contribution in [2.45, 2.75) is 6.61 Å². The van der Waals surface area contributed by atoms with Crippen LogP contribution in [0.4, 0.5) is 11.6 Å². The number of amides is 1. The van der Waals surface area contributed by atoms with Crippen LogP contribution in [-0.4, -0.2) is 11.1 Å². The Morgan fingerprint density at radius 3 is 2.79 bits per heavy atom. The Morgan fingerprint density at radius 2 is 2.00 bits per heavy atom. The van der Waals surface area contributed by atoms with Crippen LogP contribution in [-0.2, 0) is 6.61 Å². The van der Waals surface area contributed by atoms with Crippen molar-refractivity contribution in [1.82, 2.24) is 5.16 Å². The lowest BCUT2D eigenvalue weighted by Crippen LogP contribution is -2.14. The summed E-state index contributed by atoms with van der Waals surface area (Å²) < 4.78 is 10.8. The third-order valence-corrected chi connectivity index (χ3v) is 4.76. The molecule has 140 valence electrons. The van der Waals surface area contributed by atoms with E-state index in [1.807, 2.05) is 59.3 Å². The van der Waals surface area contributed by atoms with Crippen LogP contribution < -0.4 is 15.8 Å². The van der Waals surface area contributed by atoms with Gasteiger partial charge in [-0.05, 0) is 29.1 Å². The molecule has 0 fully saturated rings. The maximum absolute atomic E-state index is 12.8. The van der Waals surface area contributed by atoms with Gasteiger partial charge in [0.15, 0.2) is 0 Å². The number of nitrogens with one attached hydrogen (secondary N) is 1. The van der Waals surface area contributed by atoms with Crippen molar-refractivity contribution in [2.75, 3.05) is 11.1 Å². The van der Waals surface area contributed by atoms with Gasteiger partial charge in [-0.15, -0.1) is 0 Å². The monoisotopic (exact) mass is 391 g/mol. The average molecular weight is 391 g/mol. The lowest BCUT2D eigenvalue weighted by molar-refractivity contribution is 0.102. The number of nitrogen functional groups attached to an aromatic ring is 1. The van der Waals surface area contributed by atoms with Crippen LogP contribution in [0.25, 0.3) is 11.3 Å². The minimum Gasteiger partial charge on any atom is -0.489 e. The van der Waals surface area contributed by atoms with Crippen LogP contribution in [0.2, 0.25) is 0 Å². The number of thiophene rings is 1. The lowest BCUT2D eigenvalue weighted by Gasteiger charge is -2.09. The van der Waals surface area contributed by atoms with Crippen molar-refractivity contribution >= 4 is 28.8 Å². The van der Waals surface area contributed by atoms with E-state index < -0.39 is 0 Å². The van der Waals surface area contributed by atoms with Gasteiger partial charge in [0, 0.05) is 22.7 Å². The topological polar surface area (TPSA) is 90.4 Å². The van der Waals surface area contributed by atoms with Gasteiger partial charge < -0.3 is 20.3 Å².